The van der Waals surface area contributed by atoms with Gasteiger partial charge < -0.3 is 19.0 Å². The summed E-state index contributed by atoms with van der Waals surface area (Å²) in [5, 5.41) is 0. The zero-order chi connectivity index (χ0) is 18.8. The maximum absolute atomic E-state index is 11.9. The summed E-state index contributed by atoms with van der Waals surface area (Å²) >= 11 is 0. The van der Waals surface area contributed by atoms with E-state index in [0.29, 0.717) is 11.5 Å². The number of methoxy groups -OCH3 is 1. The lowest BCUT2D eigenvalue weighted by atomic mass is 9.90. The topological polar surface area (TPSA) is 78.8 Å². The number of ether oxygens (including phenoxy) is 1. The summed E-state index contributed by atoms with van der Waals surface area (Å²) in [5.41, 5.74) is 2.59. The molecule has 2 fully saturated rings. The quantitative estimate of drug-likeness (QED) is 0.891. The van der Waals surface area contributed by atoms with E-state index >= 15 is 0 Å². The normalized spacial score (nSPS) is 23.8. The molecule has 0 saturated carbocycles. The smallest absolute Gasteiger partial charge is 0.417 e. The molecule has 3 heterocycles. The molecule has 0 bridgehead atoms. The van der Waals surface area contributed by atoms with Crippen molar-refractivity contribution in [2.24, 2.45) is 0 Å². The molecule has 1 aromatic carbocycles. The summed E-state index contributed by atoms with van der Waals surface area (Å²) in [6, 6.07) is 6.22. The standard InChI is InChI=1S/C20H27N3O4/c1-26-20(25)23-11-4-6-15(23)9-12-22-10-3-5-14(13-22)16-7-2-8-17-18(16)27-19(24)21-17/h2,7-8,14-15H,3-6,9-13H2,1H3,(H,21,24). The Morgan fingerprint density at radius 1 is 1.30 bits per heavy atom. The van der Waals surface area contributed by atoms with Gasteiger partial charge in [0.15, 0.2) is 5.58 Å². The minimum Gasteiger partial charge on any atom is -0.453 e. The van der Waals surface area contributed by atoms with Gasteiger partial charge in [-0.3, -0.25) is 4.98 Å². The molecule has 2 aliphatic heterocycles. The van der Waals surface area contributed by atoms with Gasteiger partial charge in [-0.15, -0.1) is 0 Å². The van der Waals surface area contributed by atoms with Crippen LogP contribution in [0.4, 0.5) is 4.79 Å². The van der Waals surface area contributed by atoms with Crippen molar-refractivity contribution >= 4 is 17.2 Å². The fraction of sp³-hybridized carbons (Fsp3) is 0.600. The van der Waals surface area contributed by atoms with Gasteiger partial charge in [0.2, 0.25) is 0 Å². The highest BCUT2D eigenvalue weighted by Gasteiger charge is 2.30. The number of carbonyl (C=O) groups is 1. The predicted octanol–water partition coefficient (Wildman–Crippen LogP) is 2.92. The third-order valence-electron chi connectivity index (χ3n) is 5.99. The Balaban J connectivity index is 1.41. The van der Waals surface area contributed by atoms with Crippen LogP contribution < -0.4 is 5.76 Å². The molecule has 2 unspecified atom stereocenters. The van der Waals surface area contributed by atoms with Crippen molar-refractivity contribution in [1.82, 2.24) is 14.8 Å². The zero-order valence-electron chi connectivity index (χ0n) is 15.8. The van der Waals surface area contributed by atoms with Crippen molar-refractivity contribution in [2.45, 2.75) is 44.1 Å². The van der Waals surface area contributed by atoms with E-state index in [1.807, 2.05) is 17.0 Å². The summed E-state index contributed by atoms with van der Waals surface area (Å²) in [6.07, 6.45) is 5.11. The molecule has 0 radical (unpaired) electrons. The van der Waals surface area contributed by atoms with E-state index in [9.17, 15) is 9.59 Å². The van der Waals surface area contributed by atoms with Crippen LogP contribution in [-0.2, 0) is 4.74 Å². The SMILES string of the molecule is COC(=O)N1CCCC1CCN1CCCC(c2cccc3[nH]c(=O)oc23)C1. The fourth-order valence-corrected chi connectivity index (χ4v) is 4.65. The molecule has 4 rings (SSSR count). The lowest BCUT2D eigenvalue weighted by Gasteiger charge is -2.34. The molecule has 7 nitrogen and oxygen atoms in total. The van der Waals surface area contributed by atoms with Crippen LogP contribution >= 0.6 is 0 Å². The Labute approximate surface area is 158 Å². The number of carbonyl (C=O) groups excluding carboxylic acids is 1. The molecule has 1 aromatic heterocycles. The average molecular weight is 373 g/mol. The Morgan fingerprint density at radius 2 is 2.15 bits per heavy atom. The van der Waals surface area contributed by atoms with E-state index in [1.54, 1.807) is 0 Å². The Kier molecular flexibility index (Phi) is 5.20. The zero-order valence-corrected chi connectivity index (χ0v) is 15.8. The van der Waals surface area contributed by atoms with Crippen molar-refractivity contribution < 1.29 is 13.9 Å². The lowest BCUT2D eigenvalue weighted by Crippen LogP contribution is -2.40. The van der Waals surface area contributed by atoms with Crippen LogP contribution in [0.2, 0.25) is 0 Å². The maximum Gasteiger partial charge on any atom is 0.417 e. The largest absolute Gasteiger partial charge is 0.453 e. The molecule has 0 aliphatic carbocycles. The Bertz CT molecular complexity index is 858. The third-order valence-corrected chi connectivity index (χ3v) is 5.99. The van der Waals surface area contributed by atoms with Gasteiger partial charge in [0.05, 0.1) is 12.6 Å². The van der Waals surface area contributed by atoms with Gasteiger partial charge in [-0.25, -0.2) is 9.59 Å². The number of amides is 1. The number of piperidine rings is 1. The number of oxazole rings is 1. The second-order valence-corrected chi connectivity index (χ2v) is 7.63. The lowest BCUT2D eigenvalue weighted by molar-refractivity contribution is 0.112. The van der Waals surface area contributed by atoms with Gasteiger partial charge in [0.25, 0.3) is 0 Å². The van der Waals surface area contributed by atoms with Crippen LogP contribution in [0.1, 0.15) is 43.6 Å². The number of hydrogen-bond donors (Lipinski definition) is 1. The number of H-pyrrole nitrogens is 1. The van der Waals surface area contributed by atoms with E-state index in [4.69, 9.17) is 9.15 Å². The van der Waals surface area contributed by atoms with Gasteiger partial charge in [-0.1, -0.05) is 12.1 Å². The number of aromatic amines is 1. The number of para-hydroxylation sites is 1. The maximum atomic E-state index is 11.9. The molecular formula is C20H27N3O4. The first kappa shape index (κ1) is 18.1. The summed E-state index contributed by atoms with van der Waals surface area (Å²) < 4.78 is 10.3. The minimum absolute atomic E-state index is 0.205. The van der Waals surface area contributed by atoms with Gasteiger partial charge in [0, 0.05) is 37.2 Å². The molecule has 2 aliphatic rings. The molecule has 2 atom stereocenters. The second-order valence-electron chi connectivity index (χ2n) is 7.63. The minimum atomic E-state index is -0.394. The highest BCUT2D eigenvalue weighted by Crippen LogP contribution is 2.32. The van der Waals surface area contributed by atoms with E-state index in [-0.39, 0.29) is 12.1 Å². The first-order valence-corrected chi connectivity index (χ1v) is 9.84. The van der Waals surface area contributed by atoms with E-state index < -0.39 is 5.76 Å². The van der Waals surface area contributed by atoms with Crippen molar-refractivity contribution in [3.63, 3.8) is 0 Å². The van der Waals surface area contributed by atoms with E-state index in [1.165, 1.54) is 7.11 Å². The third kappa shape index (κ3) is 3.74. The molecule has 2 saturated heterocycles. The van der Waals surface area contributed by atoms with Crippen LogP contribution in [0.15, 0.2) is 27.4 Å². The number of likely N-dealkylation sites (tertiary alicyclic amines) is 2. The summed E-state index contributed by atoms with van der Waals surface area (Å²) in [6.45, 7) is 3.81. The summed E-state index contributed by atoms with van der Waals surface area (Å²) in [7, 11) is 1.45. The number of nitrogens with zero attached hydrogens (tertiary/aromatic N) is 2. The average Bonchev–Trinajstić information content (AvgIpc) is 3.31. The van der Waals surface area contributed by atoms with Crippen molar-refractivity contribution in [3.8, 4) is 0 Å². The fourth-order valence-electron chi connectivity index (χ4n) is 4.65. The van der Waals surface area contributed by atoms with Gasteiger partial charge in [0.1, 0.15) is 0 Å². The first-order valence-electron chi connectivity index (χ1n) is 9.84. The number of hydrogen-bond acceptors (Lipinski definition) is 5. The highest BCUT2D eigenvalue weighted by atomic mass is 16.5. The van der Waals surface area contributed by atoms with Crippen LogP contribution in [0, 0.1) is 0 Å². The monoisotopic (exact) mass is 373 g/mol. The van der Waals surface area contributed by atoms with Crippen LogP contribution in [0.25, 0.3) is 11.1 Å². The van der Waals surface area contributed by atoms with Crippen LogP contribution in [-0.4, -0.2) is 60.2 Å². The summed E-state index contributed by atoms with van der Waals surface area (Å²) in [5.74, 6) is -0.0315. The van der Waals surface area contributed by atoms with Crippen molar-refractivity contribution in [2.75, 3.05) is 33.3 Å². The number of benzene rings is 1. The van der Waals surface area contributed by atoms with Gasteiger partial charge >= 0.3 is 11.8 Å². The van der Waals surface area contributed by atoms with E-state index in [0.717, 1.165) is 69.4 Å². The van der Waals surface area contributed by atoms with E-state index in [2.05, 4.69) is 16.0 Å². The van der Waals surface area contributed by atoms with Gasteiger partial charge in [-0.05, 0) is 44.7 Å². The highest BCUT2D eigenvalue weighted by molar-refractivity contribution is 5.76. The van der Waals surface area contributed by atoms with Crippen LogP contribution in [0.3, 0.4) is 0 Å². The molecule has 2 aromatic rings. The Hall–Kier alpha value is -2.28. The molecule has 146 valence electrons. The molecule has 27 heavy (non-hydrogen) atoms. The number of nitrogens with one attached hydrogen (secondary N) is 1. The van der Waals surface area contributed by atoms with Crippen molar-refractivity contribution in [3.05, 3.63) is 34.3 Å². The molecular weight excluding hydrogens is 346 g/mol. The summed E-state index contributed by atoms with van der Waals surface area (Å²) in [4.78, 5) is 30.6. The number of rotatable bonds is 4. The number of aromatic nitrogens is 1. The predicted molar refractivity (Wildman–Crippen MR) is 102 cm³/mol. The first-order chi connectivity index (χ1) is 13.2. The molecule has 1 N–H and O–H groups in total. The number of fused-ring (bicyclic) bond motifs is 1. The van der Waals surface area contributed by atoms with Crippen molar-refractivity contribution in [1.29, 1.82) is 0 Å². The molecule has 1 amide bonds. The second kappa shape index (κ2) is 7.76. The molecule has 0 spiro atoms. The molecule has 7 heteroatoms. The van der Waals surface area contributed by atoms with Crippen LogP contribution in [0.5, 0.6) is 0 Å². The van der Waals surface area contributed by atoms with Gasteiger partial charge in [-0.2, -0.15) is 0 Å². The Morgan fingerprint density at radius 3 is 3.00 bits per heavy atom.